The third kappa shape index (κ3) is 3.71. The van der Waals surface area contributed by atoms with E-state index in [1.807, 2.05) is 55.1 Å². The van der Waals surface area contributed by atoms with Gasteiger partial charge in [-0.1, -0.05) is 12.1 Å². The van der Waals surface area contributed by atoms with Crippen molar-refractivity contribution in [3.05, 3.63) is 59.8 Å². The molecule has 3 aromatic rings. The van der Waals surface area contributed by atoms with Crippen molar-refractivity contribution >= 4 is 5.82 Å². The van der Waals surface area contributed by atoms with Crippen molar-refractivity contribution in [2.24, 2.45) is 7.05 Å². The van der Waals surface area contributed by atoms with Gasteiger partial charge in [0.1, 0.15) is 23.4 Å². The molecule has 0 fully saturated rings. The van der Waals surface area contributed by atoms with Crippen LogP contribution < -0.4 is 14.8 Å². The quantitative estimate of drug-likeness (QED) is 0.744. The topological polar surface area (TPSA) is 74.1 Å². The van der Waals surface area contributed by atoms with Gasteiger partial charge in [0.15, 0.2) is 0 Å². The molecule has 0 aliphatic carbocycles. The molecule has 130 valence electrons. The first kappa shape index (κ1) is 16.8. The Bertz CT molecular complexity index is 862. The number of anilines is 1. The Morgan fingerprint density at radius 1 is 1.12 bits per heavy atom. The predicted molar refractivity (Wildman–Crippen MR) is 95.0 cm³/mol. The summed E-state index contributed by atoms with van der Waals surface area (Å²) in [7, 11) is 5.17. The molecule has 1 unspecified atom stereocenters. The Morgan fingerprint density at radius 2 is 1.96 bits per heavy atom. The number of aromatic nitrogens is 4. The van der Waals surface area contributed by atoms with E-state index in [1.165, 1.54) is 0 Å². The molecule has 0 spiro atoms. The van der Waals surface area contributed by atoms with Crippen LogP contribution in [-0.2, 0) is 7.05 Å². The van der Waals surface area contributed by atoms with Crippen LogP contribution in [0.3, 0.4) is 0 Å². The number of benzene rings is 1. The number of rotatable bonds is 6. The zero-order valence-electron chi connectivity index (χ0n) is 14.7. The van der Waals surface area contributed by atoms with Gasteiger partial charge in [-0.05, 0) is 24.6 Å². The molecule has 0 saturated carbocycles. The number of hydrogen-bond acceptors (Lipinski definition) is 6. The smallest absolute Gasteiger partial charge is 0.318 e. The number of nitrogens with one attached hydrogen (secondary N) is 1. The van der Waals surface area contributed by atoms with E-state index in [-0.39, 0.29) is 6.04 Å². The second kappa shape index (κ2) is 7.21. The number of nitrogens with zero attached hydrogens (tertiary/aromatic N) is 4. The van der Waals surface area contributed by atoms with Crippen LogP contribution in [0.5, 0.6) is 11.8 Å². The second-order valence-electron chi connectivity index (χ2n) is 5.63. The molecule has 3 rings (SSSR count). The lowest BCUT2D eigenvalue weighted by atomic mass is 10.1. The Kier molecular flexibility index (Phi) is 4.83. The van der Waals surface area contributed by atoms with E-state index in [1.54, 1.807) is 20.4 Å². The second-order valence-corrected chi connectivity index (χ2v) is 5.63. The van der Waals surface area contributed by atoms with Crippen LogP contribution in [0.1, 0.15) is 23.1 Å². The van der Waals surface area contributed by atoms with E-state index < -0.39 is 0 Å². The molecule has 25 heavy (non-hydrogen) atoms. The van der Waals surface area contributed by atoms with Gasteiger partial charge < -0.3 is 19.4 Å². The monoisotopic (exact) mass is 339 g/mol. The molecule has 0 radical (unpaired) electrons. The maximum atomic E-state index is 5.36. The standard InChI is InChI=1S/C18H21N5O2/c1-12-10-15(22-18(20-12)25-4)21-16(17-19-8-9-23(17)2)13-6-5-7-14(11-13)24-3/h5-11,16H,1-4H3,(H,20,21,22). The minimum Gasteiger partial charge on any atom is -0.497 e. The van der Waals surface area contributed by atoms with Gasteiger partial charge in [0.05, 0.1) is 14.2 Å². The van der Waals surface area contributed by atoms with Gasteiger partial charge in [-0.3, -0.25) is 0 Å². The summed E-state index contributed by atoms with van der Waals surface area (Å²) in [5.74, 6) is 2.32. The van der Waals surface area contributed by atoms with Crippen molar-refractivity contribution in [2.75, 3.05) is 19.5 Å². The Morgan fingerprint density at radius 3 is 2.64 bits per heavy atom. The summed E-state index contributed by atoms with van der Waals surface area (Å²) in [6.07, 6.45) is 3.69. The Hall–Kier alpha value is -3.09. The predicted octanol–water partition coefficient (Wildman–Crippen LogP) is 2.74. The van der Waals surface area contributed by atoms with Gasteiger partial charge in [0, 0.05) is 31.2 Å². The van der Waals surface area contributed by atoms with Gasteiger partial charge >= 0.3 is 6.01 Å². The maximum absolute atomic E-state index is 5.36. The molecule has 1 aromatic carbocycles. The molecular formula is C18H21N5O2. The normalized spacial score (nSPS) is 11.8. The fraction of sp³-hybridized carbons (Fsp3) is 0.278. The Balaban J connectivity index is 2.03. The van der Waals surface area contributed by atoms with E-state index >= 15 is 0 Å². The van der Waals surface area contributed by atoms with Crippen molar-refractivity contribution < 1.29 is 9.47 Å². The van der Waals surface area contributed by atoms with Gasteiger partial charge in [-0.25, -0.2) is 9.97 Å². The molecule has 7 nitrogen and oxygen atoms in total. The van der Waals surface area contributed by atoms with Crippen LogP contribution in [0.15, 0.2) is 42.7 Å². The third-order valence-electron chi connectivity index (χ3n) is 3.85. The molecule has 2 aromatic heterocycles. The zero-order chi connectivity index (χ0) is 17.8. The maximum Gasteiger partial charge on any atom is 0.318 e. The highest BCUT2D eigenvalue weighted by molar-refractivity contribution is 5.44. The fourth-order valence-electron chi connectivity index (χ4n) is 2.63. The lowest BCUT2D eigenvalue weighted by molar-refractivity contribution is 0.379. The van der Waals surface area contributed by atoms with Crippen molar-refractivity contribution in [1.29, 1.82) is 0 Å². The van der Waals surface area contributed by atoms with Crippen LogP contribution in [0.4, 0.5) is 5.82 Å². The summed E-state index contributed by atoms with van der Waals surface area (Å²) in [6.45, 7) is 1.90. The van der Waals surface area contributed by atoms with E-state index in [4.69, 9.17) is 9.47 Å². The average molecular weight is 339 g/mol. The zero-order valence-corrected chi connectivity index (χ0v) is 14.7. The fourth-order valence-corrected chi connectivity index (χ4v) is 2.63. The van der Waals surface area contributed by atoms with E-state index in [2.05, 4.69) is 20.3 Å². The van der Waals surface area contributed by atoms with E-state index in [0.29, 0.717) is 11.8 Å². The number of aryl methyl sites for hydroxylation is 2. The average Bonchev–Trinajstić information content (AvgIpc) is 3.05. The van der Waals surface area contributed by atoms with E-state index in [0.717, 1.165) is 22.8 Å². The summed E-state index contributed by atoms with van der Waals surface area (Å²) in [6, 6.07) is 9.88. The van der Waals surface area contributed by atoms with Crippen molar-refractivity contribution in [2.45, 2.75) is 13.0 Å². The first-order valence-electron chi connectivity index (χ1n) is 7.88. The van der Waals surface area contributed by atoms with Crippen LogP contribution >= 0.6 is 0 Å². The lowest BCUT2D eigenvalue weighted by Gasteiger charge is -2.20. The number of ether oxygens (including phenoxy) is 2. The molecule has 2 heterocycles. The highest BCUT2D eigenvalue weighted by Gasteiger charge is 2.20. The van der Waals surface area contributed by atoms with Crippen LogP contribution in [0.25, 0.3) is 0 Å². The largest absolute Gasteiger partial charge is 0.497 e. The molecule has 0 bridgehead atoms. The van der Waals surface area contributed by atoms with Gasteiger partial charge in [-0.15, -0.1) is 0 Å². The highest BCUT2D eigenvalue weighted by Crippen LogP contribution is 2.28. The van der Waals surface area contributed by atoms with Crippen LogP contribution in [0.2, 0.25) is 0 Å². The molecule has 0 amide bonds. The minimum absolute atomic E-state index is 0.200. The summed E-state index contributed by atoms with van der Waals surface area (Å²) >= 11 is 0. The van der Waals surface area contributed by atoms with Crippen LogP contribution in [-0.4, -0.2) is 33.7 Å². The molecule has 1 N–H and O–H groups in total. The number of imidazole rings is 1. The highest BCUT2D eigenvalue weighted by atomic mass is 16.5. The molecule has 0 aliphatic heterocycles. The SMILES string of the molecule is COc1cccc(C(Nc2cc(C)nc(OC)n2)c2nccn2C)c1. The Labute approximate surface area is 146 Å². The molecule has 0 aliphatic rings. The number of hydrogen-bond donors (Lipinski definition) is 1. The van der Waals surface area contributed by atoms with Gasteiger partial charge in [0.25, 0.3) is 0 Å². The van der Waals surface area contributed by atoms with Crippen LogP contribution in [0, 0.1) is 6.92 Å². The summed E-state index contributed by atoms with van der Waals surface area (Å²) in [5.41, 5.74) is 1.84. The van der Waals surface area contributed by atoms with Crippen molar-refractivity contribution in [1.82, 2.24) is 19.5 Å². The molecule has 0 saturated heterocycles. The van der Waals surface area contributed by atoms with Crippen molar-refractivity contribution in [3.63, 3.8) is 0 Å². The summed E-state index contributed by atoms with van der Waals surface area (Å²) < 4.78 is 12.5. The molecular weight excluding hydrogens is 318 g/mol. The van der Waals surface area contributed by atoms with Crippen molar-refractivity contribution in [3.8, 4) is 11.8 Å². The van der Waals surface area contributed by atoms with E-state index in [9.17, 15) is 0 Å². The minimum atomic E-state index is -0.200. The molecule has 7 heteroatoms. The molecule has 1 atom stereocenters. The third-order valence-corrected chi connectivity index (χ3v) is 3.85. The van der Waals surface area contributed by atoms with Gasteiger partial charge in [0.2, 0.25) is 0 Å². The van der Waals surface area contributed by atoms with Gasteiger partial charge in [-0.2, -0.15) is 4.98 Å². The first-order chi connectivity index (χ1) is 12.1. The lowest BCUT2D eigenvalue weighted by Crippen LogP contribution is -2.18. The summed E-state index contributed by atoms with van der Waals surface area (Å²) in [5, 5.41) is 3.44. The number of methoxy groups -OCH3 is 2. The first-order valence-corrected chi connectivity index (χ1v) is 7.88. The summed E-state index contributed by atoms with van der Waals surface area (Å²) in [4.78, 5) is 13.1.